The minimum Gasteiger partial charge on any atom is -0.463 e. The van der Waals surface area contributed by atoms with E-state index in [0.717, 1.165) is 0 Å². The van der Waals surface area contributed by atoms with Crippen molar-refractivity contribution in [3.63, 3.8) is 0 Å². The van der Waals surface area contributed by atoms with Gasteiger partial charge in [-0.2, -0.15) is 5.26 Å². The fraction of sp³-hybridized carbons (Fsp3) is 0.312. The van der Waals surface area contributed by atoms with Gasteiger partial charge < -0.3 is 15.2 Å². The molecule has 0 saturated carbocycles. The summed E-state index contributed by atoms with van der Waals surface area (Å²) in [4.78, 5) is 16.4. The van der Waals surface area contributed by atoms with Crippen LogP contribution in [-0.4, -0.2) is 17.6 Å². The summed E-state index contributed by atoms with van der Waals surface area (Å²) in [5.41, 5.74) is 7.04. The van der Waals surface area contributed by atoms with Crippen LogP contribution < -0.4 is 5.73 Å². The molecule has 0 radical (unpaired) electrons. The number of hydrogen-bond donors (Lipinski definition) is 1. The lowest BCUT2D eigenvalue weighted by Gasteiger charge is -2.27. The molecule has 0 amide bonds. The van der Waals surface area contributed by atoms with Crippen LogP contribution in [0, 0.1) is 11.3 Å². The van der Waals surface area contributed by atoms with E-state index in [4.69, 9.17) is 15.2 Å². The van der Waals surface area contributed by atoms with E-state index in [9.17, 15) is 10.1 Å². The molecule has 1 aromatic heterocycles. The van der Waals surface area contributed by atoms with Gasteiger partial charge in [0.25, 0.3) is 0 Å². The number of allylic oxidation sites excluding steroid dienone is 2. The fourth-order valence-electron chi connectivity index (χ4n) is 2.39. The van der Waals surface area contributed by atoms with E-state index in [0.29, 0.717) is 23.3 Å². The molecule has 0 aromatic carbocycles. The molecule has 22 heavy (non-hydrogen) atoms. The fourth-order valence-corrected chi connectivity index (χ4v) is 2.39. The number of nitriles is 1. The van der Waals surface area contributed by atoms with Crippen LogP contribution in [0.5, 0.6) is 0 Å². The summed E-state index contributed by atoms with van der Waals surface area (Å²) in [7, 11) is 0. The Labute approximate surface area is 128 Å². The van der Waals surface area contributed by atoms with Crippen LogP contribution in [0.3, 0.4) is 0 Å². The molecular weight excluding hydrogens is 282 g/mol. The van der Waals surface area contributed by atoms with Gasteiger partial charge in [0.05, 0.1) is 18.1 Å². The summed E-state index contributed by atoms with van der Waals surface area (Å²) in [5, 5.41) is 9.42. The number of pyridine rings is 1. The first-order valence-corrected chi connectivity index (χ1v) is 7.01. The summed E-state index contributed by atoms with van der Waals surface area (Å²) in [6, 6.07) is 5.57. The molecule has 0 aliphatic carbocycles. The second-order valence-corrected chi connectivity index (χ2v) is 4.62. The van der Waals surface area contributed by atoms with Crippen LogP contribution >= 0.6 is 0 Å². The van der Waals surface area contributed by atoms with Gasteiger partial charge in [0, 0.05) is 18.8 Å². The average Bonchev–Trinajstić information content (AvgIpc) is 2.54. The van der Waals surface area contributed by atoms with Gasteiger partial charge in [-0.25, -0.2) is 4.79 Å². The van der Waals surface area contributed by atoms with Crippen LogP contribution in [0.15, 0.2) is 47.3 Å². The van der Waals surface area contributed by atoms with Gasteiger partial charge in [0.15, 0.2) is 0 Å². The summed E-state index contributed by atoms with van der Waals surface area (Å²) < 4.78 is 10.6. The lowest BCUT2D eigenvalue weighted by atomic mass is 9.83. The average molecular weight is 299 g/mol. The Morgan fingerprint density at radius 1 is 1.55 bits per heavy atom. The molecule has 0 bridgehead atoms. The number of aromatic nitrogens is 1. The molecule has 1 aliphatic heterocycles. The minimum absolute atomic E-state index is 0.0150. The van der Waals surface area contributed by atoms with Crippen molar-refractivity contribution < 1.29 is 14.3 Å². The molecule has 0 unspecified atom stereocenters. The van der Waals surface area contributed by atoms with E-state index >= 15 is 0 Å². The Morgan fingerprint density at radius 2 is 2.32 bits per heavy atom. The van der Waals surface area contributed by atoms with E-state index in [2.05, 4.69) is 4.98 Å². The lowest BCUT2D eigenvalue weighted by molar-refractivity contribution is -0.139. The Bertz CT molecular complexity index is 672. The van der Waals surface area contributed by atoms with E-state index < -0.39 is 11.9 Å². The predicted octanol–water partition coefficient (Wildman–Crippen LogP) is 2.12. The van der Waals surface area contributed by atoms with Gasteiger partial charge >= 0.3 is 5.97 Å². The third-order valence-corrected chi connectivity index (χ3v) is 3.33. The first-order valence-electron chi connectivity index (χ1n) is 7.01. The molecular formula is C16H17N3O3. The number of esters is 1. The summed E-state index contributed by atoms with van der Waals surface area (Å²) in [5.74, 6) is -0.694. The second kappa shape index (κ2) is 6.76. The highest BCUT2D eigenvalue weighted by Gasteiger charge is 2.37. The van der Waals surface area contributed by atoms with Crippen molar-refractivity contribution in [3.8, 4) is 6.07 Å². The molecule has 1 aliphatic rings. The third kappa shape index (κ3) is 2.79. The van der Waals surface area contributed by atoms with Crippen molar-refractivity contribution in [2.24, 2.45) is 5.73 Å². The highest BCUT2D eigenvalue weighted by Crippen LogP contribution is 2.40. The number of hydrogen-bond acceptors (Lipinski definition) is 6. The van der Waals surface area contributed by atoms with Gasteiger partial charge in [0.1, 0.15) is 17.4 Å². The van der Waals surface area contributed by atoms with Crippen molar-refractivity contribution in [2.45, 2.75) is 26.2 Å². The second-order valence-electron chi connectivity index (χ2n) is 4.62. The quantitative estimate of drug-likeness (QED) is 0.855. The molecule has 6 nitrogen and oxygen atoms in total. The topological polar surface area (TPSA) is 98.2 Å². The normalized spacial score (nSPS) is 17.8. The van der Waals surface area contributed by atoms with Crippen LogP contribution in [0.25, 0.3) is 0 Å². The summed E-state index contributed by atoms with van der Waals surface area (Å²) in [6.07, 6.45) is 3.69. The molecule has 2 rings (SSSR count). The van der Waals surface area contributed by atoms with Crippen molar-refractivity contribution in [2.75, 3.05) is 6.61 Å². The van der Waals surface area contributed by atoms with Crippen molar-refractivity contribution in [1.82, 2.24) is 4.98 Å². The molecule has 114 valence electrons. The smallest absolute Gasteiger partial charge is 0.338 e. The Morgan fingerprint density at radius 3 is 2.86 bits per heavy atom. The third-order valence-electron chi connectivity index (χ3n) is 3.33. The van der Waals surface area contributed by atoms with Crippen molar-refractivity contribution in [1.29, 1.82) is 5.26 Å². The number of carbonyl (C=O) groups is 1. The van der Waals surface area contributed by atoms with Crippen molar-refractivity contribution in [3.05, 3.63) is 52.9 Å². The van der Waals surface area contributed by atoms with Crippen molar-refractivity contribution >= 4 is 5.97 Å². The van der Waals surface area contributed by atoms with Gasteiger partial charge in [-0.05, 0) is 18.6 Å². The molecule has 2 heterocycles. The van der Waals surface area contributed by atoms with Crippen LogP contribution in [0.1, 0.15) is 31.7 Å². The zero-order valence-electron chi connectivity index (χ0n) is 12.5. The first kappa shape index (κ1) is 15.6. The van der Waals surface area contributed by atoms with E-state index in [1.165, 1.54) is 0 Å². The van der Waals surface area contributed by atoms with Crippen LogP contribution in [-0.2, 0) is 14.3 Å². The molecule has 2 N–H and O–H groups in total. The van der Waals surface area contributed by atoms with E-state index in [-0.39, 0.29) is 18.1 Å². The molecule has 0 fully saturated rings. The maximum absolute atomic E-state index is 12.4. The standard InChI is InChI=1S/C16H17N3O3/c1-3-12-14(16(20)21-4-2)13(10-6-5-7-19-9-10)11(8-17)15(18)22-12/h5-7,9,13H,3-4,18H2,1-2H3/t13-/m0/s1. The monoisotopic (exact) mass is 299 g/mol. The number of ether oxygens (including phenoxy) is 2. The summed E-state index contributed by atoms with van der Waals surface area (Å²) in [6.45, 7) is 3.81. The zero-order valence-corrected chi connectivity index (χ0v) is 12.5. The highest BCUT2D eigenvalue weighted by molar-refractivity contribution is 5.92. The maximum atomic E-state index is 12.4. The molecule has 0 spiro atoms. The van der Waals surface area contributed by atoms with E-state index in [1.54, 1.807) is 31.5 Å². The van der Waals surface area contributed by atoms with E-state index in [1.807, 2.05) is 13.0 Å². The molecule has 1 aromatic rings. The lowest BCUT2D eigenvalue weighted by Crippen LogP contribution is -2.26. The highest BCUT2D eigenvalue weighted by atomic mass is 16.5. The first-order chi connectivity index (χ1) is 10.6. The molecule has 6 heteroatoms. The Hall–Kier alpha value is -2.81. The Balaban J connectivity index is 2.62. The van der Waals surface area contributed by atoms with Gasteiger partial charge in [-0.1, -0.05) is 13.0 Å². The SMILES string of the molecule is CCOC(=O)C1=C(CC)OC(N)=C(C#N)[C@@H]1c1cccnc1. The predicted molar refractivity (Wildman–Crippen MR) is 78.8 cm³/mol. The Kier molecular flexibility index (Phi) is 4.79. The zero-order chi connectivity index (χ0) is 16.1. The van der Waals surface area contributed by atoms with Crippen LogP contribution in [0.2, 0.25) is 0 Å². The number of nitrogens with two attached hydrogens (primary N) is 1. The molecule has 1 atom stereocenters. The number of carbonyl (C=O) groups excluding carboxylic acids is 1. The van der Waals surface area contributed by atoms with Gasteiger partial charge in [0.2, 0.25) is 5.88 Å². The minimum atomic E-state index is -0.624. The van der Waals surface area contributed by atoms with Crippen LogP contribution in [0.4, 0.5) is 0 Å². The number of nitrogens with zero attached hydrogens (tertiary/aromatic N) is 2. The molecule has 0 saturated heterocycles. The maximum Gasteiger partial charge on any atom is 0.338 e. The number of rotatable bonds is 4. The largest absolute Gasteiger partial charge is 0.463 e. The summed E-state index contributed by atoms with van der Waals surface area (Å²) >= 11 is 0. The van der Waals surface area contributed by atoms with Gasteiger partial charge in [-0.3, -0.25) is 4.98 Å². The van der Waals surface area contributed by atoms with Gasteiger partial charge in [-0.15, -0.1) is 0 Å².